The Kier molecular flexibility index (Phi) is 5.42. The molecule has 0 aliphatic rings. The smallest absolute Gasteiger partial charge is 0.142 e. The molecule has 0 saturated heterocycles. The van der Waals surface area contributed by atoms with Gasteiger partial charge < -0.3 is 4.74 Å². The number of rotatable bonds is 5. The van der Waals surface area contributed by atoms with E-state index < -0.39 is 5.82 Å². The van der Waals surface area contributed by atoms with Gasteiger partial charge in [-0.15, -0.1) is 0 Å². The first kappa shape index (κ1) is 16.0. The molecule has 1 unspecified atom stereocenters. The van der Waals surface area contributed by atoms with Crippen LogP contribution in [0, 0.1) is 5.82 Å². The van der Waals surface area contributed by atoms with Crippen LogP contribution in [0.2, 0.25) is 10.0 Å². The Morgan fingerprint density at radius 2 is 2.05 bits per heavy atom. The minimum atomic E-state index is -0.479. The molecular weight excluding hydrogens is 314 g/mol. The zero-order chi connectivity index (χ0) is 15.4. The lowest BCUT2D eigenvalue weighted by molar-refractivity contribution is 0.405. The molecular formula is C15H15Cl2FN2O. The number of hydrogen-bond donors (Lipinski definition) is 2. The van der Waals surface area contributed by atoms with E-state index in [0.29, 0.717) is 22.8 Å². The molecule has 0 heterocycles. The molecule has 0 fully saturated rings. The molecule has 2 aromatic carbocycles. The summed E-state index contributed by atoms with van der Waals surface area (Å²) in [5.74, 6) is 5.80. The predicted molar refractivity (Wildman–Crippen MR) is 83.2 cm³/mol. The number of nitrogens with one attached hydrogen (secondary N) is 1. The predicted octanol–water partition coefficient (Wildman–Crippen LogP) is 3.89. The highest BCUT2D eigenvalue weighted by Gasteiger charge is 2.18. The van der Waals surface area contributed by atoms with Crippen molar-refractivity contribution in [2.24, 2.45) is 5.84 Å². The molecule has 0 saturated carbocycles. The Morgan fingerprint density at radius 1 is 1.29 bits per heavy atom. The van der Waals surface area contributed by atoms with Gasteiger partial charge in [-0.2, -0.15) is 0 Å². The Bertz CT molecular complexity index is 637. The summed E-state index contributed by atoms with van der Waals surface area (Å²) in [5, 5.41) is 0.647. The number of halogens is 3. The van der Waals surface area contributed by atoms with E-state index in [4.69, 9.17) is 33.8 Å². The van der Waals surface area contributed by atoms with E-state index in [9.17, 15) is 4.39 Å². The van der Waals surface area contributed by atoms with Crippen LogP contribution in [0.25, 0.3) is 0 Å². The van der Waals surface area contributed by atoms with Gasteiger partial charge in [-0.1, -0.05) is 35.3 Å². The van der Waals surface area contributed by atoms with Crippen molar-refractivity contribution < 1.29 is 9.13 Å². The lowest BCUT2D eigenvalue weighted by Gasteiger charge is -2.19. The number of methoxy groups -OCH3 is 1. The van der Waals surface area contributed by atoms with Gasteiger partial charge >= 0.3 is 0 Å². The largest absolute Gasteiger partial charge is 0.496 e. The molecule has 1 atom stereocenters. The highest BCUT2D eigenvalue weighted by atomic mass is 35.5. The number of nitrogens with two attached hydrogens (primary N) is 1. The molecule has 21 heavy (non-hydrogen) atoms. The Hall–Kier alpha value is -1.33. The maximum absolute atomic E-state index is 13.6. The number of hydrogen-bond acceptors (Lipinski definition) is 3. The molecule has 0 radical (unpaired) electrons. The molecule has 2 rings (SSSR count). The lowest BCUT2D eigenvalue weighted by atomic mass is 9.98. The van der Waals surface area contributed by atoms with Gasteiger partial charge in [-0.25, -0.2) is 4.39 Å². The Labute approximate surface area is 132 Å². The van der Waals surface area contributed by atoms with E-state index in [1.807, 2.05) is 0 Å². The molecule has 0 spiro atoms. The summed E-state index contributed by atoms with van der Waals surface area (Å²) in [6.07, 6.45) is 0.462. The summed E-state index contributed by atoms with van der Waals surface area (Å²) in [7, 11) is 1.58. The van der Waals surface area contributed by atoms with Gasteiger partial charge in [0.15, 0.2) is 0 Å². The van der Waals surface area contributed by atoms with Crippen LogP contribution in [0.3, 0.4) is 0 Å². The van der Waals surface area contributed by atoms with Gasteiger partial charge in [-0.3, -0.25) is 11.3 Å². The SMILES string of the molecule is COc1ccc(Cl)cc1CC(NN)c1cccc(F)c1Cl. The van der Waals surface area contributed by atoms with Gasteiger partial charge in [-0.05, 0) is 41.8 Å². The average molecular weight is 329 g/mol. The average Bonchev–Trinajstić information content (AvgIpc) is 2.48. The summed E-state index contributed by atoms with van der Waals surface area (Å²) in [4.78, 5) is 0. The van der Waals surface area contributed by atoms with E-state index in [1.54, 1.807) is 37.4 Å². The minimum absolute atomic E-state index is 0.0569. The van der Waals surface area contributed by atoms with E-state index >= 15 is 0 Å². The summed E-state index contributed by atoms with van der Waals surface area (Å²) in [6.45, 7) is 0. The van der Waals surface area contributed by atoms with Gasteiger partial charge in [0.2, 0.25) is 0 Å². The van der Waals surface area contributed by atoms with Crippen LogP contribution in [-0.4, -0.2) is 7.11 Å². The van der Waals surface area contributed by atoms with E-state index in [2.05, 4.69) is 5.43 Å². The molecule has 0 aliphatic heterocycles. The molecule has 6 heteroatoms. The van der Waals surface area contributed by atoms with Crippen molar-refractivity contribution in [2.45, 2.75) is 12.5 Å². The first-order chi connectivity index (χ1) is 10.1. The number of hydrazine groups is 1. The topological polar surface area (TPSA) is 47.3 Å². The van der Waals surface area contributed by atoms with Crippen LogP contribution in [0.5, 0.6) is 5.75 Å². The maximum atomic E-state index is 13.6. The minimum Gasteiger partial charge on any atom is -0.496 e. The maximum Gasteiger partial charge on any atom is 0.142 e. The van der Waals surface area contributed by atoms with Gasteiger partial charge in [0, 0.05) is 5.02 Å². The Morgan fingerprint density at radius 3 is 2.71 bits per heavy atom. The third kappa shape index (κ3) is 3.66. The second-order valence-electron chi connectivity index (χ2n) is 4.52. The standard InChI is InChI=1S/C15H15Cl2FN2O/c1-21-14-6-5-10(16)7-9(14)8-13(20-19)11-3-2-4-12(18)15(11)17/h2-7,13,20H,8,19H2,1H3. The normalized spacial score (nSPS) is 12.2. The van der Waals surface area contributed by atoms with Crippen LogP contribution in [0.4, 0.5) is 4.39 Å². The van der Waals surface area contributed by atoms with Crippen LogP contribution >= 0.6 is 23.2 Å². The summed E-state index contributed by atoms with van der Waals surface area (Å²) in [6, 6.07) is 9.57. The van der Waals surface area contributed by atoms with Crippen molar-refractivity contribution in [3.63, 3.8) is 0 Å². The van der Waals surface area contributed by atoms with Crippen molar-refractivity contribution >= 4 is 23.2 Å². The van der Waals surface area contributed by atoms with Gasteiger partial charge in [0.1, 0.15) is 11.6 Å². The van der Waals surface area contributed by atoms with Crippen molar-refractivity contribution in [1.29, 1.82) is 0 Å². The van der Waals surface area contributed by atoms with Gasteiger partial charge in [0.05, 0.1) is 18.2 Å². The monoisotopic (exact) mass is 328 g/mol. The second-order valence-corrected chi connectivity index (χ2v) is 5.34. The molecule has 112 valence electrons. The second kappa shape index (κ2) is 7.09. The van der Waals surface area contributed by atoms with Gasteiger partial charge in [0.25, 0.3) is 0 Å². The number of ether oxygens (including phenoxy) is 1. The van der Waals surface area contributed by atoms with Crippen LogP contribution in [0.1, 0.15) is 17.2 Å². The molecule has 0 bridgehead atoms. The fourth-order valence-corrected chi connectivity index (χ4v) is 2.63. The van der Waals surface area contributed by atoms with Crippen LogP contribution < -0.4 is 16.0 Å². The van der Waals surface area contributed by atoms with Crippen molar-refractivity contribution in [2.75, 3.05) is 7.11 Å². The summed E-state index contributed by atoms with van der Waals surface area (Å²) < 4.78 is 18.9. The first-order valence-corrected chi connectivity index (χ1v) is 7.05. The van der Waals surface area contributed by atoms with E-state index in [1.165, 1.54) is 6.07 Å². The van der Waals surface area contributed by atoms with E-state index in [0.717, 1.165) is 5.56 Å². The van der Waals surface area contributed by atoms with Crippen LogP contribution in [-0.2, 0) is 6.42 Å². The van der Waals surface area contributed by atoms with E-state index in [-0.39, 0.29) is 11.1 Å². The summed E-state index contributed by atoms with van der Waals surface area (Å²) >= 11 is 12.0. The van der Waals surface area contributed by atoms with Crippen LogP contribution in [0.15, 0.2) is 36.4 Å². The fourth-order valence-electron chi connectivity index (χ4n) is 2.17. The fraction of sp³-hybridized carbons (Fsp3) is 0.200. The molecule has 3 nitrogen and oxygen atoms in total. The third-order valence-electron chi connectivity index (χ3n) is 3.22. The third-order valence-corrected chi connectivity index (χ3v) is 3.86. The number of benzene rings is 2. The summed E-state index contributed by atoms with van der Waals surface area (Å²) in [5.41, 5.74) is 4.10. The van der Waals surface area contributed by atoms with Crippen molar-refractivity contribution in [1.82, 2.24) is 5.43 Å². The molecule has 0 aromatic heterocycles. The quantitative estimate of drug-likeness (QED) is 0.646. The Balaban J connectivity index is 2.35. The zero-order valence-corrected chi connectivity index (χ0v) is 12.9. The molecule has 0 aliphatic carbocycles. The molecule has 2 aromatic rings. The molecule has 3 N–H and O–H groups in total. The van der Waals surface area contributed by atoms with Crippen molar-refractivity contribution in [3.8, 4) is 5.75 Å². The lowest BCUT2D eigenvalue weighted by Crippen LogP contribution is -2.30. The first-order valence-electron chi connectivity index (χ1n) is 6.29. The zero-order valence-electron chi connectivity index (χ0n) is 11.4. The highest BCUT2D eigenvalue weighted by molar-refractivity contribution is 6.31. The highest BCUT2D eigenvalue weighted by Crippen LogP contribution is 2.31. The van der Waals surface area contributed by atoms with Crippen molar-refractivity contribution in [3.05, 3.63) is 63.4 Å². The molecule has 0 amide bonds.